The molecule has 2 aliphatic heterocycles. The Hall–Kier alpha value is -1.31. The van der Waals surface area contributed by atoms with Gasteiger partial charge in [0.25, 0.3) is 0 Å². The molecule has 1 aromatic heterocycles. The van der Waals surface area contributed by atoms with Crippen molar-refractivity contribution >= 4 is 17.4 Å². The van der Waals surface area contributed by atoms with Crippen LogP contribution in [0.3, 0.4) is 0 Å². The fourth-order valence-electron chi connectivity index (χ4n) is 3.36. The number of anilines is 1. The fraction of sp³-hybridized carbons (Fsp3) is 0.625. The molecule has 1 aromatic rings. The van der Waals surface area contributed by atoms with Crippen LogP contribution in [-0.4, -0.2) is 42.6 Å². The van der Waals surface area contributed by atoms with Gasteiger partial charge in [-0.05, 0) is 56.8 Å². The molecule has 4 nitrogen and oxygen atoms in total. The Morgan fingerprint density at radius 3 is 2.57 bits per heavy atom. The van der Waals surface area contributed by atoms with Gasteiger partial charge >= 0.3 is 0 Å². The van der Waals surface area contributed by atoms with Gasteiger partial charge in [0.05, 0.1) is 5.02 Å². The molecule has 0 saturated carbocycles. The number of rotatable bonds is 3. The lowest BCUT2D eigenvalue weighted by Crippen LogP contribution is -2.38. The molecule has 21 heavy (non-hydrogen) atoms. The summed E-state index contributed by atoms with van der Waals surface area (Å²) in [6.07, 6.45) is 5.15. The normalized spacial score (nSPS) is 20.7. The number of aromatic nitrogens is 1. The topological polar surface area (TPSA) is 43.2 Å². The summed E-state index contributed by atoms with van der Waals surface area (Å²) in [7, 11) is 0. The summed E-state index contributed by atoms with van der Waals surface area (Å²) in [5, 5.41) is 9.46. The van der Waals surface area contributed by atoms with E-state index in [4.69, 9.17) is 16.9 Å². The third-order valence-electron chi connectivity index (χ3n) is 4.59. The third-order valence-corrected chi connectivity index (χ3v) is 4.90. The molecular formula is C16H21ClN4. The maximum absolute atomic E-state index is 9.02. The summed E-state index contributed by atoms with van der Waals surface area (Å²) in [4.78, 5) is 9.25. The Bertz CT molecular complexity index is 526. The van der Waals surface area contributed by atoms with Crippen LogP contribution in [0.2, 0.25) is 5.02 Å². The summed E-state index contributed by atoms with van der Waals surface area (Å²) in [5.41, 5.74) is 0.327. The Morgan fingerprint density at radius 2 is 1.90 bits per heavy atom. The summed E-state index contributed by atoms with van der Waals surface area (Å²) in [5.74, 6) is 1.69. The van der Waals surface area contributed by atoms with Crippen molar-refractivity contribution in [1.82, 2.24) is 9.88 Å². The van der Waals surface area contributed by atoms with Crippen molar-refractivity contribution in [2.75, 3.05) is 37.6 Å². The second-order valence-electron chi connectivity index (χ2n) is 6.05. The van der Waals surface area contributed by atoms with Gasteiger partial charge in [0.2, 0.25) is 0 Å². The van der Waals surface area contributed by atoms with E-state index in [1.54, 1.807) is 6.07 Å². The van der Waals surface area contributed by atoms with Crippen LogP contribution in [0.1, 0.15) is 31.4 Å². The van der Waals surface area contributed by atoms with E-state index in [1.807, 2.05) is 6.07 Å². The van der Waals surface area contributed by atoms with E-state index in [0.29, 0.717) is 10.7 Å². The maximum Gasteiger partial charge on any atom is 0.161 e. The predicted octanol–water partition coefficient (Wildman–Crippen LogP) is 2.92. The number of pyridine rings is 1. The maximum atomic E-state index is 9.02. The van der Waals surface area contributed by atoms with Crippen molar-refractivity contribution in [1.29, 1.82) is 5.26 Å². The molecule has 0 amide bonds. The third kappa shape index (κ3) is 3.48. The van der Waals surface area contributed by atoms with Gasteiger partial charge < -0.3 is 9.80 Å². The first-order chi connectivity index (χ1) is 10.3. The highest BCUT2D eigenvalue weighted by atomic mass is 35.5. The first-order valence-electron chi connectivity index (χ1n) is 7.80. The Labute approximate surface area is 131 Å². The average molecular weight is 305 g/mol. The zero-order valence-corrected chi connectivity index (χ0v) is 13.0. The van der Waals surface area contributed by atoms with Gasteiger partial charge in [0.1, 0.15) is 11.9 Å². The lowest BCUT2D eigenvalue weighted by molar-refractivity contribution is 0.249. The molecule has 0 atom stereocenters. The van der Waals surface area contributed by atoms with E-state index in [-0.39, 0.29) is 0 Å². The van der Waals surface area contributed by atoms with Crippen LogP contribution in [0.15, 0.2) is 12.1 Å². The molecular weight excluding hydrogens is 284 g/mol. The molecule has 2 fully saturated rings. The van der Waals surface area contributed by atoms with Crippen LogP contribution in [0, 0.1) is 17.2 Å². The quantitative estimate of drug-likeness (QED) is 0.861. The van der Waals surface area contributed by atoms with Gasteiger partial charge in [-0.15, -0.1) is 0 Å². The molecule has 0 N–H and O–H groups in total. The minimum absolute atomic E-state index is 0.327. The van der Waals surface area contributed by atoms with Crippen LogP contribution >= 0.6 is 11.6 Å². The van der Waals surface area contributed by atoms with E-state index in [1.165, 1.54) is 45.3 Å². The van der Waals surface area contributed by atoms with Crippen molar-refractivity contribution in [3.63, 3.8) is 0 Å². The molecule has 0 spiro atoms. The smallest absolute Gasteiger partial charge is 0.161 e. The standard InChI is InChI=1S/C16H21ClN4/c17-14-3-4-16(19-15(14)11-18)21-9-5-13(6-10-21)12-20-7-1-2-8-20/h3-4,13H,1-2,5-10,12H2. The fourth-order valence-corrected chi connectivity index (χ4v) is 3.51. The van der Waals surface area contributed by atoms with E-state index in [2.05, 4.69) is 20.9 Å². The SMILES string of the molecule is N#Cc1nc(N2CCC(CN3CCCC3)CC2)ccc1Cl. The lowest BCUT2D eigenvalue weighted by Gasteiger charge is -2.34. The molecule has 3 heterocycles. The van der Waals surface area contributed by atoms with Crippen LogP contribution in [0.4, 0.5) is 5.82 Å². The van der Waals surface area contributed by atoms with E-state index in [0.717, 1.165) is 24.8 Å². The van der Waals surface area contributed by atoms with Crippen molar-refractivity contribution < 1.29 is 0 Å². The number of halogens is 1. The van der Waals surface area contributed by atoms with Crippen LogP contribution in [-0.2, 0) is 0 Å². The number of hydrogen-bond donors (Lipinski definition) is 0. The molecule has 5 heteroatoms. The van der Waals surface area contributed by atoms with E-state index >= 15 is 0 Å². The van der Waals surface area contributed by atoms with Crippen LogP contribution in [0.25, 0.3) is 0 Å². The van der Waals surface area contributed by atoms with Crippen molar-refractivity contribution in [2.45, 2.75) is 25.7 Å². The molecule has 2 saturated heterocycles. The molecule has 3 rings (SSSR count). The van der Waals surface area contributed by atoms with E-state index in [9.17, 15) is 0 Å². The Kier molecular flexibility index (Phi) is 4.62. The molecule has 0 radical (unpaired) electrons. The first kappa shape index (κ1) is 14.6. The zero-order chi connectivity index (χ0) is 14.7. The highest BCUT2D eigenvalue weighted by Gasteiger charge is 2.23. The van der Waals surface area contributed by atoms with Gasteiger partial charge in [-0.3, -0.25) is 0 Å². The first-order valence-corrected chi connectivity index (χ1v) is 8.18. The predicted molar refractivity (Wildman–Crippen MR) is 84.6 cm³/mol. The second kappa shape index (κ2) is 6.64. The van der Waals surface area contributed by atoms with Crippen LogP contribution in [0.5, 0.6) is 0 Å². The molecule has 0 bridgehead atoms. The summed E-state index contributed by atoms with van der Waals surface area (Å²) in [6, 6.07) is 5.75. The van der Waals surface area contributed by atoms with Gasteiger partial charge in [0, 0.05) is 19.6 Å². The van der Waals surface area contributed by atoms with Gasteiger partial charge in [-0.2, -0.15) is 5.26 Å². The molecule has 0 aromatic carbocycles. The largest absolute Gasteiger partial charge is 0.357 e. The number of piperidine rings is 1. The van der Waals surface area contributed by atoms with Crippen molar-refractivity contribution in [2.24, 2.45) is 5.92 Å². The Balaban J connectivity index is 1.56. The average Bonchev–Trinajstić information content (AvgIpc) is 3.02. The molecule has 0 aliphatic carbocycles. The minimum atomic E-state index is 0.327. The summed E-state index contributed by atoms with van der Waals surface area (Å²) < 4.78 is 0. The molecule has 112 valence electrons. The molecule has 0 unspecified atom stereocenters. The summed E-state index contributed by atoms with van der Waals surface area (Å²) in [6.45, 7) is 5.87. The highest BCUT2D eigenvalue weighted by molar-refractivity contribution is 6.31. The molecule has 2 aliphatic rings. The number of nitrogens with zero attached hydrogens (tertiary/aromatic N) is 4. The van der Waals surface area contributed by atoms with Gasteiger partial charge in [-0.25, -0.2) is 4.98 Å². The summed E-state index contributed by atoms with van der Waals surface area (Å²) >= 11 is 5.94. The monoisotopic (exact) mass is 304 g/mol. The number of likely N-dealkylation sites (tertiary alicyclic amines) is 1. The second-order valence-corrected chi connectivity index (χ2v) is 6.46. The lowest BCUT2D eigenvalue weighted by atomic mass is 9.96. The van der Waals surface area contributed by atoms with Gasteiger partial charge in [0.15, 0.2) is 5.69 Å². The number of nitriles is 1. The highest BCUT2D eigenvalue weighted by Crippen LogP contribution is 2.25. The Morgan fingerprint density at radius 1 is 1.19 bits per heavy atom. The van der Waals surface area contributed by atoms with Crippen molar-refractivity contribution in [3.8, 4) is 6.07 Å². The minimum Gasteiger partial charge on any atom is -0.357 e. The van der Waals surface area contributed by atoms with E-state index < -0.39 is 0 Å². The number of hydrogen-bond acceptors (Lipinski definition) is 4. The van der Waals surface area contributed by atoms with Crippen LogP contribution < -0.4 is 4.90 Å². The zero-order valence-electron chi connectivity index (χ0n) is 12.3. The van der Waals surface area contributed by atoms with Gasteiger partial charge in [-0.1, -0.05) is 11.6 Å². The van der Waals surface area contributed by atoms with Crippen molar-refractivity contribution in [3.05, 3.63) is 22.8 Å².